The molecule has 0 saturated heterocycles. The van der Waals surface area contributed by atoms with Crippen molar-refractivity contribution in [1.82, 2.24) is 0 Å². The summed E-state index contributed by atoms with van der Waals surface area (Å²) in [6.07, 6.45) is -1.28. The standard InChI is InChI=1S/C12H14BrNO2/c1-8-2-3-9(7-14)6-10(8)12(16)11(15)4-5-13/h2-3,6,11-12,15-16H,4-5H2,1H3. The Labute approximate surface area is 103 Å². The zero-order valence-electron chi connectivity index (χ0n) is 9.02. The first-order valence-electron chi connectivity index (χ1n) is 5.03. The van der Waals surface area contributed by atoms with Gasteiger partial charge in [0.15, 0.2) is 0 Å². The molecule has 3 nitrogen and oxygen atoms in total. The molecule has 0 aromatic heterocycles. The van der Waals surface area contributed by atoms with Gasteiger partial charge in [-0.2, -0.15) is 5.26 Å². The summed E-state index contributed by atoms with van der Waals surface area (Å²) in [6, 6.07) is 7.11. The van der Waals surface area contributed by atoms with Crippen molar-refractivity contribution >= 4 is 15.9 Å². The predicted octanol–water partition coefficient (Wildman–Crippen LogP) is 2.05. The molecule has 2 N–H and O–H groups in total. The van der Waals surface area contributed by atoms with E-state index in [0.717, 1.165) is 5.56 Å². The van der Waals surface area contributed by atoms with Gasteiger partial charge in [0.05, 0.1) is 17.7 Å². The van der Waals surface area contributed by atoms with E-state index in [2.05, 4.69) is 15.9 Å². The molecule has 0 amide bonds. The fourth-order valence-corrected chi connectivity index (χ4v) is 1.97. The Morgan fingerprint density at radius 2 is 2.12 bits per heavy atom. The van der Waals surface area contributed by atoms with Crippen molar-refractivity contribution in [3.05, 3.63) is 34.9 Å². The molecule has 2 unspecified atom stereocenters. The molecule has 4 heteroatoms. The zero-order chi connectivity index (χ0) is 12.1. The molecule has 16 heavy (non-hydrogen) atoms. The molecule has 0 spiro atoms. The minimum atomic E-state index is -0.939. The number of aliphatic hydroxyl groups excluding tert-OH is 2. The maximum Gasteiger partial charge on any atom is 0.105 e. The third kappa shape index (κ3) is 3.05. The highest BCUT2D eigenvalue weighted by Gasteiger charge is 2.19. The summed E-state index contributed by atoms with van der Waals surface area (Å²) < 4.78 is 0. The van der Waals surface area contributed by atoms with Crippen LogP contribution in [0.3, 0.4) is 0 Å². The third-order valence-corrected chi connectivity index (χ3v) is 2.95. The van der Waals surface area contributed by atoms with Crippen LogP contribution in [-0.2, 0) is 0 Å². The van der Waals surface area contributed by atoms with Crippen LogP contribution >= 0.6 is 15.9 Å². The number of rotatable bonds is 4. The summed E-state index contributed by atoms with van der Waals surface area (Å²) in [7, 11) is 0. The molecule has 0 aliphatic heterocycles. The number of hydrogen-bond acceptors (Lipinski definition) is 3. The normalized spacial score (nSPS) is 14.2. The number of nitriles is 1. The minimum absolute atomic E-state index is 0.470. The quantitative estimate of drug-likeness (QED) is 0.832. The van der Waals surface area contributed by atoms with E-state index in [4.69, 9.17) is 5.26 Å². The second kappa shape index (κ2) is 6.00. The van der Waals surface area contributed by atoms with Crippen molar-refractivity contribution in [2.45, 2.75) is 25.6 Å². The lowest BCUT2D eigenvalue weighted by Gasteiger charge is -2.19. The lowest BCUT2D eigenvalue weighted by atomic mass is 9.96. The number of hydrogen-bond donors (Lipinski definition) is 2. The first-order chi connectivity index (χ1) is 7.60. The second-order valence-electron chi connectivity index (χ2n) is 3.67. The van der Waals surface area contributed by atoms with Crippen LogP contribution in [0.1, 0.15) is 29.2 Å². The number of nitrogens with zero attached hydrogens (tertiary/aromatic N) is 1. The van der Waals surface area contributed by atoms with E-state index < -0.39 is 12.2 Å². The Balaban J connectivity index is 2.98. The monoisotopic (exact) mass is 283 g/mol. The summed E-state index contributed by atoms with van der Waals surface area (Å²) in [4.78, 5) is 0. The average molecular weight is 284 g/mol. The largest absolute Gasteiger partial charge is 0.390 e. The first-order valence-corrected chi connectivity index (χ1v) is 6.15. The van der Waals surface area contributed by atoms with Crippen LogP contribution < -0.4 is 0 Å². The van der Waals surface area contributed by atoms with E-state index in [-0.39, 0.29) is 0 Å². The van der Waals surface area contributed by atoms with Crippen LogP contribution in [0.25, 0.3) is 0 Å². The molecule has 1 aromatic carbocycles. The highest BCUT2D eigenvalue weighted by molar-refractivity contribution is 9.09. The Morgan fingerprint density at radius 3 is 2.69 bits per heavy atom. The first kappa shape index (κ1) is 13.2. The fraction of sp³-hybridized carbons (Fsp3) is 0.417. The van der Waals surface area contributed by atoms with Gasteiger partial charge in [0, 0.05) is 5.33 Å². The smallest absolute Gasteiger partial charge is 0.105 e. The molecule has 0 heterocycles. The molecule has 2 atom stereocenters. The Kier molecular flexibility index (Phi) is 4.94. The van der Waals surface area contributed by atoms with Gasteiger partial charge in [0.1, 0.15) is 6.10 Å². The van der Waals surface area contributed by atoms with Crippen molar-refractivity contribution in [2.75, 3.05) is 5.33 Å². The maximum absolute atomic E-state index is 9.94. The lowest BCUT2D eigenvalue weighted by Crippen LogP contribution is -2.19. The SMILES string of the molecule is Cc1ccc(C#N)cc1C(O)C(O)CCBr. The van der Waals surface area contributed by atoms with Gasteiger partial charge in [-0.25, -0.2) is 0 Å². The van der Waals surface area contributed by atoms with Crippen LogP contribution in [0.15, 0.2) is 18.2 Å². The topological polar surface area (TPSA) is 64.2 Å². The molecule has 0 fully saturated rings. The zero-order valence-corrected chi connectivity index (χ0v) is 10.6. The van der Waals surface area contributed by atoms with Crippen LogP contribution in [0.5, 0.6) is 0 Å². The van der Waals surface area contributed by atoms with E-state index in [0.29, 0.717) is 22.9 Å². The molecule has 0 bridgehead atoms. The lowest BCUT2D eigenvalue weighted by molar-refractivity contribution is 0.0170. The number of aliphatic hydroxyl groups is 2. The van der Waals surface area contributed by atoms with Gasteiger partial charge in [-0.1, -0.05) is 22.0 Å². The van der Waals surface area contributed by atoms with E-state index in [1.54, 1.807) is 18.2 Å². The summed E-state index contributed by atoms with van der Waals surface area (Å²) in [5, 5.41) is 29.0. The summed E-state index contributed by atoms with van der Waals surface area (Å²) in [6.45, 7) is 1.85. The Bertz CT molecular complexity index is 400. The highest BCUT2D eigenvalue weighted by Crippen LogP contribution is 2.23. The van der Waals surface area contributed by atoms with Gasteiger partial charge < -0.3 is 10.2 Å². The summed E-state index contributed by atoms with van der Waals surface area (Å²) in [5.41, 5.74) is 1.98. The summed E-state index contributed by atoms with van der Waals surface area (Å²) in [5.74, 6) is 0. The fourth-order valence-electron chi connectivity index (χ4n) is 1.51. The van der Waals surface area contributed by atoms with Gasteiger partial charge in [-0.05, 0) is 36.6 Å². The van der Waals surface area contributed by atoms with Gasteiger partial charge in [0.25, 0.3) is 0 Å². The van der Waals surface area contributed by atoms with Gasteiger partial charge in [-0.15, -0.1) is 0 Å². The number of halogens is 1. The molecule has 0 saturated carbocycles. The van der Waals surface area contributed by atoms with Crippen molar-refractivity contribution < 1.29 is 10.2 Å². The second-order valence-corrected chi connectivity index (χ2v) is 4.47. The average Bonchev–Trinajstić information content (AvgIpc) is 2.29. The minimum Gasteiger partial charge on any atom is -0.390 e. The van der Waals surface area contributed by atoms with Crippen LogP contribution in [0, 0.1) is 18.3 Å². The number of benzene rings is 1. The number of alkyl halides is 1. The predicted molar refractivity (Wildman–Crippen MR) is 65.3 cm³/mol. The molecule has 86 valence electrons. The van der Waals surface area contributed by atoms with E-state index in [9.17, 15) is 10.2 Å². The van der Waals surface area contributed by atoms with Gasteiger partial charge in [-0.3, -0.25) is 0 Å². The van der Waals surface area contributed by atoms with Crippen LogP contribution in [-0.4, -0.2) is 21.6 Å². The molecule has 1 aromatic rings. The Morgan fingerprint density at radius 1 is 1.44 bits per heavy atom. The van der Waals surface area contributed by atoms with Crippen LogP contribution in [0.2, 0.25) is 0 Å². The van der Waals surface area contributed by atoms with E-state index >= 15 is 0 Å². The molecular formula is C12H14BrNO2. The highest BCUT2D eigenvalue weighted by atomic mass is 79.9. The van der Waals surface area contributed by atoms with Crippen molar-refractivity contribution in [1.29, 1.82) is 5.26 Å². The molecule has 0 radical (unpaired) electrons. The van der Waals surface area contributed by atoms with E-state index in [1.807, 2.05) is 13.0 Å². The third-order valence-electron chi connectivity index (χ3n) is 2.50. The molecular weight excluding hydrogens is 270 g/mol. The van der Waals surface area contributed by atoms with Gasteiger partial charge in [0.2, 0.25) is 0 Å². The molecule has 0 aliphatic rings. The number of aryl methyl sites for hydroxylation is 1. The van der Waals surface area contributed by atoms with Crippen molar-refractivity contribution in [2.24, 2.45) is 0 Å². The maximum atomic E-state index is 9.94. The molecule has 0 aliphatic carbocycles. The Hall–Kier alpha value is -0.890. The van der Waals surface area contributed by atoms with Crippen LogP contribution in [0.4, 0.5) is 0 Å². The van der Waals surface area contributed by atoms with Crippen molar-refractivity contribution in [3.63, 3.8) is 0 Å². The van der Waals surface area contributed by atoms with Gasteiger partial charge >= 0.3 is 0 Å². The summed E-state index contributed by atoms with van der Waals surface area (Å²) >= 11 is 3.21. The van der Waals surface area contributed by atoms with Crippen molar-refractivity contribution in [3.8, 4) is 6.07 Å². The van der Waals surface area contributed by atoms with E-state index in [1.165, 1.54) is 0 Å². The molecule has 1 rings (SSSR count).